The average molecular weight is 323 g/mol. The van der Waals surface area contributed by atoms with E-state index in [2.05, 4.69) is 9.97 Å². The maximum absolute atomic E-state index is 10.7. The van der Waals surface area contributed by atoms with E-state index in [1.807, 2.05) is 0 Å². The molecule has 0 saturated carbocycles. The fraction of sp³-hybridized carbons (Fsp3) is 0. The summed E-state index contributed by atoms with van der Waals surface area (Å²) in [6.07, 6.45) is 0. The molecule has 2 aromatic carbocycles. The standard InChI is InChI=1S/C13H8Cl2N4O2/c14-8-4-11-12(5-9(8)15)18-13(17-11)7-2-1-6(19(20)21)3-10(7)16/h1-5H,16H2,(H,17,18). The van der Waals surface area contributed by atoms with Crippen molar-refractivity contribution in [2.45, 2.75) is 0 Å². The molecule has 1 aromatic heterocycles. The number of fused-ring (bicyclic) bond motifs is 1. The highest BCUT2D eigenvalue weighted by molar-refractivity contribution is 6.42. The van der Waals surface area contributed by atoms with Crippen molar-refractivity contribution >= 4 is 45.6 Å². The molecule has 1 heterocycles. The number of H-pyrrole nitrogens is 1. The van der Waals surface area contributed by atoms with Crippen LogP contribution >= 0.6 is 23.2 Å². The Bertz CT molecular complexity index is 837. The minimum atomic E-state index is -0.502. The molecule has 0 fully saturated rings. The zero-order chi connectivity index (χ0) is 15.1. The van der Waals surface area contributed by atoms with E-state index in [1.165, 1.54) is 12.1 Å². The number of halogens is 2. The van der Waals surface area contributed by atoms with Crippen LogP contribution in [0.4, 0.5) is 11.4 Å². The highest BCUT2D eigenvalue weighted by Gasteiger charge is 2.13. The molecule has 0 bridgehead atoms. The first-order valence-corrected chi connectivity index (χ1v) is 6.60. The number of aromatic amines is 1. The molecular formula is C13H8Cl2N4O2. The van der Waals surface area contributed by atoms with E-state index in [1.54, 1.807) is 18.2 Å². The van der Waals surface area contributed by atoms with Crippen LogP contribution < -0.4 is 5.73 Å². The summed E-state index contributed by atoms with van der Waals surface area (Å²) in [5.74, 6) is 0.496. The minimum Gasteiger partial charge on any atom is -0.398 e. The van der Waals surface area contributed by atoms with E-state index in [4.69, 9.17) is 28.9 Å². The molecule has 8 heteroatoms. The van der Waals surface area contributed by atoms with Gasteiger partial charge in [-0.2, -0.15) is 0 Å². The smallest absolute Gasteiger partial charge is 0.271 e. The van der Waals surface area contributed by atoms with Gasteiger partial charge in [-0.3, -0.25) is 10.1 Å². The monoisotopic (exact) mass is 322 g/mol. The summed E-state index contributed by atoms with van der Waals surface area (Å²) in [5, 5.41) is 11.5. The lowest BCUT2D eigenvalue weighted by molar-refractivity contribution is -0.384. The van der Waals surface area contributed by atoms with Gasteiger partial charge in [0.2, 0.25) is 0 Å². The Morgan fingerprint density at radius 3 is 2.57 bits per heavy atom. The molecule has 106 valence electrons. The van der Waals surface area contributed by atoms with Crippen LogP contribution in [0.1, 0.15) is 0 Å². The van der Waals surface area contributed by atoms with Crippen LogP contribution in [0.25, 0.3) is 22.4 Å². The molecule has 0 radical (unpaired) electrons. The Kier molecular flexibility index (Phi) is 3.19. The van der Waals surface area contributed by atoms with E-state index < -0.39 is 4.92 Å². The van der Waals surface area contributed by atoms with Gasteiger partial charge in [0, 0.05) is 23.4 Å². The van der Waals surface area contributed by atoms with Crippen molar-refractivity contribution in [2.24, 2.45) is 0 Å². The van der Waals surface area contributed by atoms with Gasteiger partial charge >= 0.3 is 0 Å². The van der Waals surface area contributed by atoms with Crippen molar-refractivity contribution in [3.05, 3.63) is 50.5 Å². The van der Waals surface area contributed by atoms with E-state index in [9.17, 15) is 10.1 Å². The van der Waals surface area contributed by atoms with Gasteiger partial charge < -0.3 is 10.7 Å². The number of benzene rings is 2. The van der Waals surface area contributed by atoms with E-state index in [0.29, 0.717) is 32.5 Å². The van der Waals surface area contributed by atoms with E-state index in [-0.39, 0.29) is 11.4 Å². The summed E-state index contributed by atoms with van der Waals surface area (Å²) in [5.41, 5.74) is 7.96. The lowest BCUT2D eigenvalue weighted by Crippen LogP contribution is -1.94. The summed E-state index contributed by atoms with van der Waals surface area (Å²) in [7, 11) is 0. The minimum absolute atomic E-state index is 0.0709. The first-order chi connectivity index (χ1) is 9.95. The zero-order valence-corrected chi connectivity index (χ0v) is 11.9. The second kappa shape index (κ2) is 4.91. The average Bonchev–Trinajstić information content (AvgIpc) is 2.81. The van der Waals surface area contributed by atoms with Crippen LogP contribution in [0.2, 0.25) is 10.0 Å². The molecule has 3 N–H and O–H groups in total. The van der Waals surface area contributed by atoms with Crippen LogP contribution in [-0.4, -0.2) is 14.9 Å². The lowest BCUT2D eigenvalue weighted by Gasteiger charge is -2.01. The highest BCUT2D eigenvalue weighted by Crippen LogP contribution is 2.31. The number of nitrogens with one attached hydrogen (secondary N) is 1. The van der Waals surface area contributed by atoms with E-state index in [0.717, 1.165) is 0 Å². The number of nitrogens with zero attached hydrogens (tertiary/aromatic N) is 2. The van der Waals surface area contributed by atoms with Gasteiger partial charge in [0.05, 0.1) is 26.0 Å². The first-order valence-electron chi connectivity index (χ1n) is 5.85. The number of nitro groups is 1. The van der Waals surface area contributed by atoms with Gasteiger partial charge in [0.15, 0.2) is 0 Å². The Morgan fingerprint density at radius 2 is 1.90 bits per heavy atom. The zero-order valence-electron chi connectivity index (χ0n) is 10.4. The Morgan fingerprint density at radius 1 is 1.19 bits per heavy atom. The summed E-state index contributed by atoms with van der Waals surface area (Å²) in [6.45, 7) is 0. The normalized spacial score (nSPS) is 11.0. The molecule has 6 nitrogen and oxygen atoms in total. The van der Waals surface area contributed by atoms with Crippen LogP contribution in [0.15, 0.2) is 30.3 Å². The summed E-state index contributed by atoms with van der Waals surface area (Å²) in [4.78, 5) is 17.6. The predicted octanol–water partition coefficient (Wildman–Crippen LogP) is 4.03. The second-order valence-corrected chi connectivity index (χ2v) is 5.21. The van der Waals surface area contributed by atoms with Crippen LogP contribution in [0.3, 0.4) is 0 Å². The molecule has 0 unspecified atom stereocenters. The predicted molar refractivity (Wildman–Crippen MR) is 82.6 cm³/mol. The molecule has 0 spiro atoms. The first kappa shape index (κ1) is 13.7. The summed E-state index contributed by atoms with van der Waals surface area (Å²) < 4.78 is 0. The summed E-state index contributed by atoms with van der Waals surface area (Å²) in [6, 6.07) is 7.52. The number of nitrogen functional groups attached to an aromatic ring is 1. The lowest BCUT2D eigenvalue weighted by atomic mass is 10.1. The fourth-order valence-electron chi connectivity index (χ4n) is 2.01. The van der Waals surface area contributed by atoms with Crippen LogP contribution in [0, 0.1) is 10.1 Å². The maximum Gasteiger partial charge on any atom is 0.271 e. The number of rotatable bonds is 2. The number of hydrogen-bond acceptors (Lipinski definition) is 4. The Hall–Kier alpha value is -2.31. The third-order valence-electron chi connectivity index (χ3n) is 3.03. The topological polar surface area (TPSA) is 97.8 Å². The molecule has 0 aliphatic carbocycles. The number of imidazole rings is 1. The van der Waals surface area contributed by atoms with Gasteiger partial charge in [-0.1, -0.05) is 23.2 Å². The molecule has 0 aliphatic rings. The molecule has 21 heavy (non-hydrogen) atoms. The van der Waals surface area contributed by atoms with Crippen molar-refractivity contribution in [3.8, 4) is 11.4 Å². The number of hydrogen-bond donors (Lipinski definition) is 2. The quantitative estimate of drug-likeness (QED) is 0.422. The maximum atomic E-state index is 10.7. The third-order valence-corrected chi connectivity index (χ3v) is 3.75. The van der Waals surface area contributed by atoms with Gasteiger partial charge in [-0.05, 0) is 18.2 Å². The van der Waals surface area contributed by atoms with Crippen molar-refractivity contribution in [1.82, 2.24) is 9.97 Å². The largest absolute Gasteiger partial charge is 0.398 e. The molecule has 3 rings (SSSR count). The van der Waals surface area contributed by atoms with Crippen LogP contribution in [0.5, 0.6) is 0 Å². The SMILES string of the molecule is Nc1cc([N+](=O)[O-])ccc1-c1nc2cc(Cl)c(Cl)cc2[nH]1. The number of nitrogens with two attached hydrogens (primary N) is 1. The molecule has 0 aliphatic heterocycles. The molecule has 0 amide bonds. The number of nitro benzene ring substituents is 1. The molecular weight excluding hydrogens is 315 g/mol. The molecule has 3 aromatic rings. The number of non-ortho nitro benzene ring substituents is 1. The highest BCUT2D eigenvalue weighted by atomic mass is 35.5. The Balaban J connectivity index is 2.14. The van der Waals surface area contributed by atoms with Gasteiger partial charge in [-0.15, -0.1) is 0 Å². The van der Waals surface area contributed by atoms with Gasteiger partial charge in [0.1, 0.15) is 5.82 Å². The van der Waals surface area contributed by atoms with Gasteiger partial charge in [0.25, 0.3) is 5.69 Å². The second-order valence-electron chi connectivity index (χ2n) is 4.40. The third kappa shape index (κ3) is 2.39. The fourth-order valence-corrected chi connectivity index (χ4v) is 2.33. The van der Waals surface area contributed by atoms with Crippen LogP contribution in [-0.2, 0) is 0 Å². The summed E-state index contributed by atoms with van der Waals surface area (Å²) >= 11 is 11.9. The van der Waals surface area contributed by atoms with E-state index >= 15 is 0 Å². The van der Waals surface area contributed by atoms with Crippen molar-refractivity contribution < 1.29 is 4.92 Å². The van der Waals surface area contributed by atoms with Crippen molar-refractivity contribution in [2.75, 3.05) is 5.73 Å². The van der Waals surface area contributed by atoms with Crippen molar-refractivity contribution in [3.63, 3.8) is 0 Å². The van der Waals surface area contributed by atoms with Gasteiger partial charge in [-0.25, -0.2) is 4.98 Å². The number of aromatic nitrogens is 2. The molecule has 0 saturated heterocycles. The van der Waals surface area contributed by atoms with Crippen molar-refractivity contribution in [1.29, 1.82) is 0 Å². The Labute approximate surface area is 128 Å². The number of anilines is 1. The molecule has 0 atom stereocenters.